The van der Waals surface area contributed by atoms with Gasteiger partial charge in [0.05, 0.1) is 22.6 Å². The number of Topliss-reactive ketones (excluding diaryl/α,β-unsaturated/α-hetero) is 1. The molecule has 0 radical (unpaired) electrons. The molecule has 14 heteroatoms. The van der Waals surface area contributed by atoms with Gasteiger partial charge in [-0.25, -0.2) is 13.2 Å². The first kappa shape index (κ1) is 43.2. The maximum atomic E-state index is 14.6. The fourth-order valence-electron chi connectivity index (χ4n) is 7.03. The number of rotatable bonds is 18. The monoisotopic (exact) mass is 847 g/mol. The number of nitrogens with one attached hydrogen (secondary N) is 4. The molecule has 3 saturated carbocycles. The summed E-state index contributed by atoms with van der Waals surface area (Å²) in [5.41, 5.74) is -1.71. The molecule has 12 nitrogen and oxygen atoms in total. The van der Waals surface area contributed by atoms with E-state index >= 15 is 0 Å². The van der Waals surface area contributed by atoms with E-state index < -0.39 is 66.5 Å². The van der Waals surface area contributed by atoms with Crippen molar-refractivity contribution in [3.05, 3.63) is 12.7 Å². The van der Waals surface area contributed by atoms with Crippen molar-refractivity contribution >= 4 is 62.0 Å². The topological polar surface area (TPSA) is 171 Å². The van der Waals surface area contributed by atoms with Crippen LogP contribution >= 0.6 is 22.6 Å². The van der Waals surface area contributed by atoms with Crippen molar-refractivity contribution in [2.45, 2.75) is 146 Å². The average molecular weight is 848 g/mol. The molecule has 0 spiro atoms. The van der Waals surface area contributed by atoms with Crippen molar-refractivity contribution < 1.29 is 32.4 Å². The van der Waals surface area contributed by atoms with Crippen molar-refractivity contribution in [1.82, 2.24) is 26.2 Å². The molecule has 3 fully saturated rings. The highest BCUT2D eigenvalue weighted by Crippen LogP contribution is 2.35. The second-order valence-electron chi connectivity index (χ2n) is 16.6. The molecule has 0 aromatic rings. The molecule has 3 aliphatic carbocycles. The van der Waals surface area contributed by atoms with E-state index in [0.29, 0.717) is 32.1 Å². The molecule has 1 unspecified atom stereocenters. The Kier molecular flexibility index (Phi) is 15.8. The summed E-state index contributed by atoms with van der Waals surface area (Å²) in [4.78, 5) is 69.5. The van der Waals surface area contributed by atoms with Crippen molar-refractivity contribution in [1.29, 1.82) is 0 Å². The predicted molar refractivity (Wildman–Crippen MR) is 208 cm³/mol. The van der Waals surface area contributed by atoms with Crippen LogP contribution in [0.5, 0.6) is 0 Å². The van der Waals surface area contributed by atoms with Gasteiger partial charge in [-0.3, -0.25) is 19.2 Å². The first-order chi connectivity index (χ1) is 23.8. The van der Waals surface area contributed by atoms with Crippen LogP contribution in [0.3, 0.4) is 0 Å². The first-order valence-electron chi connectivity index (χ1n) is 18.8. The Balaban J connectivity index is 1.85. The number of alkyl halides is 1. The van der Waals surface area contributed by atoms with E-state index in [1.54, 1.807) is 0 Å². The Bertz CT molecular complexity index is 1370. The minimum absolute atomic E-state index is 0.0201. The van der Waals surface area contributed by atoms with Crippen LogP contribution in [0.2, 0.25) is 0 Å². The summed E-state index contributed by atoms with van der Waals surface area (Å²) >= 11 is 1.90. The van der Waals surface area contributed by atoms with Gasteiger partial charge in [0.25, 0.3) is 11.8 Å². The van der Waals surface area contributed by atoms with E-state index in [1.165, 1.54) is 11.0 Å². The number of halogens is 1. The van der Waals surface area contributed by atoms with E-state index in [4.69, 9.17) is 0 Å². The Hall–Kier alpha value is -2.23. The zero-order valence-corrected chi connectivity index (χ0v) is 34.5. The molecule has 4 atom stereocenters. The van der Waals surface area contributed by atoms with Crippen molar-refractivity contribution in [3.8, 4) is 0 Å². The molecule has 51 heavy (non-hydrogen) atoms. The van der Waals surface area contributed by atoms with E-state index in [9.17, 15) is 32.4 Å². The molecule has 0 aromatic carbocycles. The van der Waals surface area contributed by atoms with Crippen LogP contribution < -0.4 is 21.3 Å². The molecule has 3 rings (SSSR count). The Labute approximate surface area is 319 Å². The smallest absolute Gasteiger partial charge is 0.315 e. The summed E-state index contributed by atoms with van der Waals surface area (Å²) in [6.07, 6.45) is 10.4. The first-order valence-corrected chi connectivity index (χ1v) is 21.7. The van der Waals surface area contributed by atoms with Gasteiger partial charge in [0.2, 0.25) is 11.7 Å². The molecule has 0 heterocycles. The van der Waals surface area contributed by atoms with E-state index in [-0.39, 0.29) is 41.8 Å². The highest BCUT2D eigenvalue weighted by Gasteiger charge is 2.45. The predicted octanol–water partition coefficient (Wildman–Crippen LogP) is 4.80. The largest absolute Gasteiger partial charge is 0.346 e. The lowest BCUT2D eigenvalue weighted by atomic mass is 9.83. The van der Waals surface area contributed by atoms with Crippen LogP contribution in [0.25, 0.3) is 0 Å². The molecule has 3 aliphatic rings. The summed E-state index contributed by atoms with van der Waals surface area (Å²) in [7, 11) is -3.44. The van der Waals surface area contributed by atoms with Gasteiger partial charge >= 0.3 is 6.03 Å². The number of nitrogens with zero attached hydrogens (tertiary/aromatic N) is 1. The summed E-state index contributed by atoms with van der Waals surface area (Å²) in [5, 5.41) is 10.8. The Morgan fingerprint density at radius 1 is 0.941 bits per heavy atom. The Morgan fingerprint density at radius 2 is 1.55 bits per heavy atom. The number of amides is 5. The number of hydrogen-bond acceptors (Lipinski definition) is 7. The fraction of sp³-hybridized carbons (Fsp3) is 0.811. The van der Waals surface area contributed by atoms with E-state index in [0.717, 1.165) is 44.9 Å². The molecule has 0 bridgehead atoms. The Morgan fingerprint density at radius 3 is 2.08 bits per heavy atom. The van der Waals surface area contributed by atoms with Gasteiger partial charge in [0, 0.05) is 13.1 Å². The van der Waals surface area contributed by atoms with Crippen LogP contribution in [0.1, 0.15) is 119 Å². The second-order valence-corrected chi connectivity index (χ2v) is 20.1. The lowest BCUT2D eigenvalue weighted by molar-refractivity contribution is -0.143. The molecule has 4 N–H and O–H groups in total. The van der Waals surface area contributed by atoms with Gasteiger partial charge < -0.3 is 26.2 Å². The van der Waals surface area contributed by atoms with Crippen LogP contribution in [-0.4, -0.2) is 88.6 Å². The highest BCUT2D eigenvalue weighted by atomic mass is 127. The summed E-state index contributed by atoms with van der Waals surface area (Å²) < 4.78 is 26.0. The zero-order valence-electron chi connectivity index (χ0n) is 31.5. The number of ketones is 1. The molecule has 0 aliphatic heterocycles. The van der Waals surface area contributed by atoms with Crippen molar-refractivity contribution in [2.75, 3.05) is 18.8 Å². The van der Waals surface area contributed by atoms with E-state index in [2.05, 4.69) is 27.8 Å². The number of carbonyl (C=O) groups excluding carboxylic acids is 5. The number of urea groups is 1. The summed E-state index contributed by atoms with van der Waals surface area (Å²) in [5.74, 6) is -2.34. The third kappa shape index (κ3) is 12.7. The second kappa shape index (κ2) is 18.7. The molecular weight excluding hydrogens is 785 g/mol. The third-order valence-corrected chi connectivity index (χ3v) is 14.5. The minimum Gasteiger partial charge on any atom is -0.346 e. The number of sulfone groups is 1. The maximum Gasteiger partial charge on any atom is 0.315 e. The van der Waals surface area contributed by atoms with Gasteiger partial charge in [-0.15, -0.1) is 6.58 Å². The highest BCUT2D eigenvalue weighted by molar-refractivity contribution is 14.1. The molecule has 0 saturated heterocycles. The van der Waals surface area contributed by atoms with Crippen LogP contribution in [0.4, 0.5) is 4.79 Å². The van der Waals surface area contributed by atoms with Gasteiger partial charge in [-0.1, -0.05) is 92.6 Å². The van der Waals surface area contributed by atoms with Gasteiger partial charge in [0.15, 0.2) is 13.9 Å². The summed E-state index contributed by atoms with van der Waals surface area (Å²) in [6.45, 7) is 15.4. The maximum absolute atomic E-state index is 14.6. The average Bonchev–Trinajstić information content (AvgIpc) is 3.68. The summed E-state index contributed by atoms with van der Waals surface area (Å²) in [6, 6.07) is -2.72. The zero-order chi connectivity index (χ0) is 38.1. The number of hydrogen-bond donors (Lipinski definition) is 4. The van der Waals surface area contributed by atoms with Crippen LogP contribution in [0.15, 0.2) is 12.7 Å². The van der Waals surface area contributed by atoms with E-state index in [1.807, 2.05) is 64.1 Å². The lowest BCUT2D eigenvalue weighted by Crippen LogP contribution is -2.64. The fourth-order valence-corrected chi connectivity index (χ4v) is 10.1. The minimum atomic E-state index is -3.44. The van der Waals surface area contributed by atoms with Crippen LogP contribution in [0, 0.1) is 23.2 Å². The molecule has 290 valence electrons. The van der Waals surface area contributed by atoms with Crippen molar-refractivity contribution in [3.63, 3.8) is 0 Å². The SMILES string of the molecule is C=CCNC(=O)C(=O)C(CC1CC1)NC(=O)[C@H](I)N(C[C@@H](C)C(C)C)C(=O)[C@@H](NC(=O)NC1(CS(=O)(=O)C2CCCC2)CCCCC1)C(C)(C)C. The van der Waals surface area contributed by atoms with Gasteiger partial charge in [-0.2, -0.15) is 0 Å². The third-order valence-electron chi connectivity index (χ3n) is 10.8. The number of carbonyl (C=O) groups is 5. The quantitative estimate of drug-likeness (QED) is 0.0505. The van der Waals surface area contributed by atoms with Crippen molar-refractivity contribution in [2.24, 2.45) is 23.2 Å². The van der Waals surface area contributed by atoms with Gasteiger partial charge in [0.1, 0.15) is 6.04 Å². The normalized spacial score (nSPS) is 20.4. The standard InChI is InChI=1S/C37H62IN5O7S/c1-8-20-39-32(45)29(44)28(21-26-16-17-26)40-33(46)31(38)43(22-25(4)24(2)3)34(47)30(36(5,6)7)41-35(48)42-37(18-12-9-13-19-37)23-51(49,50)27-14-10-11-15-27/h8,24-28,30-31H,1,9-23H2,2-7H3,(H,39,45)(H,40,46)(H2,41,42,48)/t25-,28?,30-,31-/m1/s1. The molecule has 5 amide bonds. The lowest BCUT2D eigenvalue weighted by Gasteiger charge is -2.41. The van der Waals surface area contributed by atoms with Crippen LogP contribution in [-0.2, 0) is 29.0 Å². The van der Waals surface area contributed by atoms with Gasteiger partial charge in [-0.05, 0) is 77.9 Å². The molecular formula is C37H62IN5O7S. The molecule has 0 aromatic heterocycles.